The molecule has 6 heteroatoms. The minimum Gasteiger partial charge on any atom is -0.493 e. The van der Waals surface area contributed by atoms with E-state index in [9.17, 15) is 14.0 Å². The van der Waals surface area contributed by atoms with E-state index in [0.717, 1.165) is 11.3 Å². The van der Waals surface area contributed by atoms with Crippen molar-refractivity contribution in [3.63, 3.8) is 0 Å². The first-order valence-corrected chi connectivity index (χ1v) is 8.46. The van der Waals surface area contributed by atoms with Crippen molar-refractivity contribution in [3.05, 3.63) is 65.5 Å². The Labute approximate surface area is 152 Å². The summed E-state index contributed by atoms with van der Waals surface area (Å²) in [5, 5.41) is 5.23. The molecule has 2 aromatic carbocycles. The quantitative estimate of drug-likeness (QED) is 0.762. The molecule has 0 saturated carbocycles. The summed E-state index contributed by atoms with van der Waals surface area (Å²) < 4.78 is 18.4. The summed E-state index contributed by atoms with van der Waals surface area (Å²) in [5.74, 6) is 0.103. The normalized spacial score (nSPS) is 10.5. The van der Waals surface area contributed by atoms with Crippen LogP contribution in [0.15, 0.2) is 48.5 Å². The number of halogens is 1. The molecular weight excluding hydrogens is 335 g/mol. The van der Waals surface area contributed by atoms with E-state index in [-0.39, 0.29) is 12.5 Å². The van der Waals surface area contributed by atoms with Crippen LogP contribution in [-0.4, -0.2) is 25.0 Å². The predicted octanol–water partition coefficient (Wildman–Crippen LogP) is 2.91. The average molecular weight is 358 g/mol. The van der Waals surface area contributed by atoms with Crippen molar-refractivity contribution in [2.24, 2.45) is 5.92 Å². The molecule has 0 spiro atoms. The van der Waals surface area contributed by atoms with Crippen molar-refractivity contribution in [2.45, 2.75) is 20.4 Å². The zero-order valence-electron chi connectivity index (χ0n) is 14.9. The Hall–Kier alpha value is -2.89. The van der Waals surface area contributed by atoms with Crippen LogP contribution in [0.3, 0.4) is 0 Å². The van der Waals surface area contributed by atoms with Crippen molar-refractivity contribution in [1.82, 2.24) is 10.6 Å². The standard InChI is InChI=1S/C20H23FN2O3/c1-14(2)13-26-18-9-3-15(4-10-18)11-22-19(24)12-23-20(25)16-5-7-17(21)8-6-16/h3-10,14H,11-13H2,1-2H3,(H,22,24)(H,23,25). The zero-order chi connectivity index (χ0) is 18.9. The van der Waals surface area contributed by atoms with Gasteiger partial charge in [0.05, 0.1) is 13.2 Å². The number of carbonyl (C=O) groups excluding carboxylic acids is 2. The van der Waals surface area contributed by atoms with Gasteiger partial charge in [-0.25, -0.2) is 4.39 Å². The van der Waals surface area contributed by atoms with Crippen LogP contribution in [0, 0.1) is 11.7 Å². The summed E-state index contributed by atoms with van der Waals surface area (Å²) in [7, 11) is 0. The molecule has 2 N–H and O–H groups in total. The molecule has 0 aliphatic carbocycles. The second-order valence-electron chi connectivity index (χ2n) is 6.32. The molecular formula is C20H23FN2O3. The summed E-state index contributed by atoms with van der Waals surface area (Å²) in [6.45, 7) is 5.03. The van der Waals surface area contributed by atoms with Crippen LogP contribution in [0.25, 0.3) is 0 Å². The van der Waals surface area contributed by atoms with Crippen molar-refractivity contribution in [2.75, 3.05) is 13.2 Å². The lowest BCUT2D eigenvalue weighted by atomic mass is 10.2. The first kappa shape index (κ1) is 19.4. The van der Waals surface area contributed by atoms with E-state index in [4.69, 9.17) is 4.74 Å². The van der Waals surface area contributed by atoms with Crippen LogP contribution in [-0.2, 0) is 11.3 Å². The summed E-state index contributed by atoms with van der Waals surface area (Å²) in [6.07, 6.45) is 0. The zero-order valence-corrected chi connectivity index (χ0v) is 14.9. The predicted molar refractivity (Wildman–Crippen MR) is 97.4 cm³/mol. The van der Waals surface area contributed by atoms with Crippen LogP contribution in [0.1, 0.15) is 29.8 Å². The summed E-state index contributed by atoms with van der Waals surface area (Å²) in [4.78, 5) is 23.7. The molecule has 0 unspecified atom stereocenters. The monoisotopic (exact) mass is 358 g/mol. The lowest BCUT2D eigenvalue weighted by molar-refractivity contribution is -0.120. The summed E-state index contributed by atoms with van der Waals surface area (Å²) in [6, 6.07) is 12.6. The highest BCUT2D eigenvalue weighted by molar-refractivity contribution is 5.96. The maximum atomic E-state index is 12.8. The number of hydrogen-bond acceptors (Lipinski definition) is 3. The first-order chi connectivity index (χ1) is 12.4. The highest BCUT2D eigenvalue weighted by Crippen LogP contribution is 2.13. The average Bonchev–Trinajstić information content (AvgIpc) is 2.64. The van der Waals surface area contributed by atoms with Gasteiger partial charge in [-0.05, 0) is 47.9 Å². The molecule has 0 heterocycles. The lowest BCUT2D eigenvalue weighted by Gasteiger charge is -2.10. The van der Waals surface area contributed by atoms with Gasteiger partial charge in [0.15, 0.2) is 0 Å². The van der Waals surface area contributed by atoms with Crippen molar-refractivity contribution in [1.29, 1.82) is 0 Å². The van der Waals surface area contributed by atoms with E-state index in [1.54, 1.807) is 0 Å². The number of amides is 2. The Balaban J connectivity index is 1.72. The maximum Gasteiger partial charge on any atom is 0.251 e. The topological polar surface area (TPSA) is 67.4 Å². The molecule has 0 aliphatic heterocycles. The van der Waals surface area contributed by atoms with Crippen molar-refractivity contribution >= 4 is 11.8 Å². The molecule has 138 valence electrons. The first-order valence-electron chi connectivity index (χ1n) is 8.46. The molecule has 0 radical (unpaired) electrons. The van der Waals surface area contributed by atoms with Gasteiger partial charge >= 0.3 is 0 Å². The molecule has 2 aromatic rings. The van der Waals surface area contributed by atoms with E-state index in [1.165, 1.54) is 24.3 Å². The van der Waals surface area contributed by atoms with Gasteiger partial charge in [-0.3, -0.25) is 9.59 Å². The van der Waals surface area contributed by atoms with Crippen LogP contribution in [0.2, 0.25) is 0 Å². The number of rotatable bonds is 8. The van der Waals surface area contributed by atoms with Crippen LogP contribution >= 0.6 is 0 Å². The Morgan fingerprint density at radius 3 is 2.27 bits per heavy atom. The van der Waals surface area contributed by atoms with Crippen molar-refractivity contribution in [3.8, 4) is 5.75 Å². The van der Waals surface area contributed by atoms with E-state index in [2.05, 4.69) is 24.5 Å². The van der Waals surface area contributed by atoms with E-state index in [0.29, 0.717) is 24.6 Å². The fourth-order valence-electron chi connectivity index (χ4n) is 2.09. The molecule has 5 nitrogen and oxygen atoms in total. The third-order valence-corrected chi connectivity index (χ3v) is 3.51. The van der Waals surface area contributed by atoms with Gasteiger partial charge in [-0.2, -0.15) is 0 Å². The van der Waals surface area contributed by atoms with Gasteiger partial charge in [-0.1, -0.05) is 26.0 Å². The molecule has 26 heavy (non-hydrogen) atoms. The number of benzene rings is 2. The Morgan fingerprint density at radius 2 is 1.65 bits per heavy atom. The molecule has 0 saturated heterocycles. The second-order valence-corrected chi connectivity index (χ2v) is 6.32. The second kappa shape index (κ2) is 9.56. The summed E-state index contributed by atoms with van der Waals surface area (Å²) in [5.41, 5.74) is 1.23. The maximum absolute atomic E-state index is 12.8. The molecule has 0 aliphatic rings. The van der Waals surface area contributed by atoms with Gasteiger partial charge in [0.25, 0.3) is 5.91 Å². The highest BCUT2D eigenvalue weighted by atomic mass is 19.1. The highest BCUT2D eigenvalue weighted by Gasteiger charge is 2.08. The number of hydrogen-bond donors (Lipinski definition) is 2. The van der Waals surface area contributed by atoms with Gasteiger partial charge in [0, 0.05) is 12.1 Å². The minimum atomic E-state index is -0.424. The number of carbonyl (C=O) groups is 2. The number of nitrogens with one attached hydrogen (secondary N) is 2. The van der Waals surface area contributed by atoms with E-state index >= 15 is 0 Å². The number of ether oxygens (including phenoxy) is 1. The van der Waals surface area contributed by atoms with Crippen molar-refractivity contribution < 1.29 is 18.7 Å². The molecule has 2 amide bonds. The molecule has 0 aromatic heterocycles. The largest absolute Gasteiger partial charge is 0.493 e. The lowest BCUT2D eigenvalue weighted by Crippen LogP contribution is -2.36. The van der Waals surface area contributed by atoms with Crippen LogP contribution in [0.4, 0.5) is 4.39 Å². The fraction of sp³-hybridized carbons (Fsp3) is 0.300. The summed E-state index contributed by atoms with van der Waals surface area (Å²) >= 11 is 0. The minimum absolute atomic E-state index is 0.147. The Morgan fingerprint density at radius 1 is 1.00 bits per heavy atom. The molecule has 0 atom stereocenters. The smallest absolute Gasteiger partial charge is 0.251 e. The fourth-order valence-corrected chi connectivity index (χ4v) is 2.09. The van der Waals surface area contributed by atoms with Gasteiger partial charge < -0.3 is 15.4 Å². The van der Waals surface area contributed by atoms with E-state index < -0.39 is 11.7 Å². The molecule has 0 bridgehead atoms. The van der Waals surface area contributed by atoms with Gasteiger partial charge in [0.2, 0.25) is 5.91 Å². The van der Waals surface area contributed by atoms with Crippen LogP contribution < -0.4 is 15.4 Å². The Kier molecular flexibility index (Phi) is 7.14. The SMILES string of the molecule is CC(C)COc1ccc(CNC(=O)CNC(=O)c2ccc(F)cc2)cc1. The molecule has 0 fully saturated rings. The third-order valence-electron chi connectivity index (χ3n) is 3.51. The van der Waals surface area contributed by atoms with Crippen LogP contribution in [0.5, 0.6) is 5.75 Å². The third kappa shape index (κ3) is 6.55. The van der Waals surface area contributed by atoms with Gasteiger partial charge in [0.1, 0.15) is 11.6 Å². The molecule has 2 rings (SSSR count). The Bertz CT molecular complexity index is 728. The van der Waals surface area contributed by atoms with E-state index in [1.807, 2.05) is 24.3 Å². The van der Waals surface area contributed by atoms with Gasteiger partial charge in [-0.15, -0.1) is 0 Å².